The van der Waals surface area contributed by atoms with Gasteiger partial charge in [0.1, 0.15) is 5.60 Å². The Labute approximate surface area is 133 Å². The molecule has 0 unspecified atom stereocenters. The number of hydrogen-bond donors (Lipinski definition) is 2. The van der Waals surface area contributed by atoms with E-state index in [9.17, 15) is 4.79 Å². The zero-order valence-corrected chi connectivity index (χ0v) is 14.3. The van der Waals surface area contributed by atoms with Crippen LogP contribution in [0.4, 0.5) is 4.79 Å². The number of amides is 1. The van der Waals surface area contributed by atoms with E-state index in [4.69, 9.17) is 4.74 Å². The highest BCUT2D eigenvalue weighted by Crippen LogP contribution is 2.32. The summed E-state index contributed by atoms with van der Waals surface area (Å²) < 4.78 is 5.35. The molecule has 6 nitrogen and oxygen atoms in total. The number of ether oxygens (including phenoxy) is 1. The summed E-state index contributed by atoms with van der Waals surface area (Å²) in [6, 6.07) is 0.256. The van der Waals surface area contributed by atoms with E-state index in [-0.39, 0.29) is 12.1 Å². The van der Waals surface area contributed by atoms with Crippen LogP contribution in [-0.2, 0) is 4.74 Å². The Morgan fingerprint density at radius 2 is 2.00 bits per heavy atom. The smallest absolute Gasteiger partial charge is 0.410 e. The summed E-state index contributed by atoms with van der Waals surface area (Å²) in [4.78, 5) is 18.2. The summed E-state index contributed by atoms with van der Waals surface area (Å²) in [5.41, 5.74) is -0.436. The number of likely N-dealkylation sites (tertiary alicyclic amines) is 1. The van der Waals surface area contributed by atoms with Crippen molar-refractivity contribution in [2.75, 3.05) is 26.2 Å². The van der Waals surface area contributed by atoms with Gasteiger partial charge in [0.2, 0.25) is 0 Å². The molecular weight excluding hydrogens is 280 g/mol. The zero-order chi connectivity index (χ0) is 16.2. The van der Waals surface area contributed by atoms with Gasteiger partial charge in [0.15, 0.2) is 5.96 Å². The van der Waals surface area contributed by atoms with Crippen LogP contribution in [0.2, 0.25) is 0 Å². The molecule has 126 valence electrons. The first-order valence-electron chi connectivity index (χ1n) is 8.40. The predicted molar refractivity (Wildman–Crippen MR) is 88.1 cm³/mol. The third-order valence-electron chi connectivity index (χ3n) is 3.72. The van der Waals surface area contributed by atoms with Crippen molar-refractivity contribution in [3.05, 3.63) is 0 Å². The topological polar surface area (TPSA) is 66.0 Å². The highest BCUT2D eigenvalue weighted by molar-refractivity contribution is 5.80. The van der Waals surface area contributed by atoms with Gasteiger partial charge < -0.3 is 20.3 Å². The minimum atomic E-state index is -0.436. The normalized spacial score (nSPS) is 19.6. The van der Waals surface area contributed by atoms with E-state index in [1.165, 1.54) is 19.3 Å². The SMILES string of the molecule is CCNC(=NCCC1CC1)NC1CN(C(=O)OC(C)(C)C)C1. The van der Waals surface area contributed by atoms with E-state index in [0.717, 1.165) is 25.0 Å². The zero-order valence-electron chi connectivity index (χ0n) is 14.3. The molecule has 0 spiro atoms. The maximum absolute atomic E-state index is 11.9. The number of aliphatic imine (C=N–C) groups is 1. The molecule has 0 aromatic heterocycles. The lowest BCUT2D eigenvalue weighted by atomic mass is 10.1. The molecule has 2 fully saturated rings. The fourth-order valence-electron chi connectivity index (χ4n) is 2.32. The monoisotopic (exact) mass is 310 g/mol. The first-order valence-corrected chi connectivity index (χ1v) is 8.40. The van der Waals surface area contributed by atoms with E-state index in [0.29, 0.717) is 13.1 Å². The summed E-state index contributed by atoms with van der Waals surface area (Å²) in [6.07, 6.45) is 3.69. The van der Waals surface area contributed by atoms with E-state index in [2.05, 4.69) is 22.5 Å². The van der Waals surface area contributed by atoms with E-state index in [1.54, 1.807) is 4.90 Å². The molecule has 1 amide bonds. The molecule has 2 N–H and O–H groups in total. The highest BCUT2D eigenvalue weighted by Gasteiger charge is 2.34. The van der Waals surface area contributed by atoms with Crippen LogP contribution in [0, 0.1) is 5.92 Å². The first-order chi connectivity index (χ1) is 10.4. The third kappa shape index (κ3) is 5.73. The number of nitrogens with zero attached hydrogens (tertiary/aromatic N) is 2. The molecule has 1 saturated carbocycles. The molecular formula is C16H30N4O2. The lowest BCUT2D eigenvalue weighted by Gasteiger charge is -2.40. The molecule has 0 aromatic carbocycles. The van der Waals surface area contributed by atoms with Gasteiger partial charge in [-0.3, -0.25) is 4.99 Å². The Morgan fingerprint density at radius 1 is 1.32 bits per heavy atom. The Kier molecular flexibility index (Phi) is 5.53. The molecule has 22 heavy (non-hydrogen) atoms. The first kappa shape index (κ1) is 16.9. The van der Waals surface area contributed by atoms with Gasteiger partial charge in [-0.1, -0.05) is 12.8 Å². The average molecular weight is 310 g/mol. The van der Waals surface area contributed by atoms with Crippen molar-refractivity contribution in [2.45, 2.75) is 58.6 Å². The fraction of sp³-hybridized carbons (Fsp3) is 0.875. The fourth-order valence-corrected chi connectivity index (χ4v) is 2.32. The lowest BCUT2D eigenvalue weighted by molar-refractivity contribution is 0.00701. The maximum Gasteiger partial charge on any atom is 0.410 e. The average Bonchev–Trinajstić information content (AvgIpc) is 3.14. The van der Waals surface area contributed by atoms with Gasteiger partial charge in [-0.05, 0) is 40.0 Å². The van der Waals surface area contributed by atoms with Crippen LogP contribution in [0.25, 0.3) is 0 Å². The summed E-state index contributed by atoms with van der Waals surface area (Å²) in [7, 11) is 0. The van der Waals surface area contributed by atoms with Gasteiger partial charge in [0.25, 0.3) is 0 Å². The van der Waals surface area contributed by atoms with Crippen LogP contribution < -0.4 is 10.6 Å². The Bertz CT molecular complexity index is 407. The quantitative estimate of drug-likeness (QED) is 0.602. The molecule has 1 saturated heterocycles. The molecule has 1 heterocycles. The largest absolute Gasteiger partial charge is 0.444 e. The molecule has 2 aliphatic rings. The van der Waals surface area contributed by atoms with Crippen molar-refractivity contribution < 1.29 is 9.53 Å². The molecule has 6 heteroatoms. The van der Waals surface area contributed by atoms with Gasteiger partial charge in [-0.2, -0.15) is 0 Å². The van der Waals surface area contributed by atoms with Crippen LogP contribution in [0.15, 0.2) is 4.99 Å². The Balaban J connectivity index is 1.70. The van der Waals surface area contributed by atoms with Crippen LogP contribution in [-0.4, -0.2) is 54.8 Å². The van der Waals surface area contributed by atoms with Gasteiger partial charge in [0, 0.05) is 26.2 Å². The van der Waals surface area contributed by atoms with E-state index in [1.807, 2.05) is 20.8 Å². The minimum Gasteiger partial charge on any atom is -0.444 e. The second-order valence-corrected chi connectivity index (χ2v) is 7.22. The van der Waals surface area contributed by atoms with Crippen molar-refractivity contribution in [2.24, 2.45) is 10.9 Å². The number of carbonyl (C=O) groups is 1. The molecule has 2 rings (SSSR count). The number of hydrogen-bond acceptors (Lipinski definition) is 3. The minimum absolute atomic E-state index is 0.235. The highest BCUT2D eigenvalue weighted by atomic mass is 16.6. The number of guanidine groups is 1. The Morgan fingerprint density at radius 3 is 2.55 bits per heavy atom. The van der Waals surface area contributed by atoms with Crippen LogP contribution in [0.3, 0.4) is 0 Å². The van der Waals surface area contributed by atoms with Crippen LogP contribution in [0.5, 0.6) is 0 Å². The van der Waals surface area contributed by atoms with Crippen LogP contribution >= 0.6 is 0 Å². The van der Waals surface area contributed by atoms with Gasteiger partial charge >= 0.3 is 6.09 Å². The number of carbonyl (C=O) groups excluding carboxylic acids is 1. The number of nitrogens with one attached hydrogen (secondary N) is 2. The van der Waals surface area contributed by atoms with E-state index >= 15 is 0 Å². The summed E-state index contributed by atoms with van der Waals surface area (Å²) >= 11 is 0. The molecule has 0 atom stereocenters. The van der Waals surface area contributed by atoms with Crippen molar-refractivity contribution >= 4 is 12.1 Å². The van der Waals surface area contributed by atoms with Crippen molar-refractivity contribution in [3.63, 3.8) is 0 Å². The molecule has 0 radical (unpaired) electrons. The van der Waals surface area contributed by atoms with Gasteiger partial charge in [-0.15, -0.1) is 0 Å². The maximum atomic E-state index is 11.9. The van der Waals surface area contributed by atoms with Crippen LogP contribution in [0.1, 0.15) is 47.0 Å². The number of rotatable bonds is 5. The lowest BCUT2D eigenvalue weighted by Crippen LogP contribution is -2.63. The van der Waals surface area contributed by atoms with Gasteiger partial charge in [-0.25, -0.2) is 4.79 Å². The van der Waals surface area contributed by atoms with Gasteiger partial charge in [0.05, 0.1) is 6.04 Å². The summed E-state index contributed by atoms with van der Waals surface area (Å²) in [5, 5.41) is 6.65. The Hall–Kier alpha value is -1.46. The van der Waals surface area contributed by atoms with Crippen molar-refractivity contribution in [1.82, 2.24) is 15.5 Å². The third-order valence-corrected chi connectivity index (χ3v) is 3.72. The predicted octanol–water partition coefficient (Wildman–Crippen LogP) is 1.96. The second kappa shape index (κ2) is 7.20. The molecule has 1 aliphatic carbocycles. The standard InChI is InChI=1S/C16H30N4O2/c1-5-17-14(18-9-8-12-6-7-12)19-13-10-20(11-13)15(21)22-16(2,3)4/h12-13H,5-11H2,1-4H3,(H2,17,18,19). The molecule has 0 aromatic rings. The van der Waals surface area contributed by atoms with E-state index < -0.39 is 5.60 Å². The van der Waals surface area contributed by atoms with Crippen molar-refractivity contribution in [3.8, 4) is 0 Å². The molecule has 0 bridgehead atoms. The second-order valence-electron chi connectivity index (χ2n) is 7.22. The summed E-state index contributed by atoms with van der Waals surface area (Å²) in [5.74, 6) is 1.76. The summed E-state index contributed by atoms with van der Waals surface area (Å²) in [6.45, 7) is 10.8. The molecule has 1 aliphatic heterocycles. The van der Waals surface area contributed by atoms with Crippen molar-refractivity contribution in [1.29, 1.82) is 0 Å².